The molecule has 2 atom stereocenters. The number of fused-ring (bicyclic) bond motifs is 3. The minimum atomic E-state index is -0.176. The Labute approximate surface area is 166 Å². The lowest BCUT2D eigenvalue weighted by atomic mass is 10.00. The number of hydrogen-bond acceptors (Lipinski definition) is 3. The van der Waals surface area contributed by atoms with E-state index in [1.165, 1.54) is 22.3 Å². The topological polar surface area (TPSA) is 24.5 Å². The molecule has 140 valence electrons. The van der Waals surface area contributed by atoms with Gasteiger partial charge in [0.25, 0.3) is 0 Å². The average molecular weight is 368 g/mol. The van der Waals surface area contributed by atoms with Gasteiger partial charge in [0.15, 0.2) is 6.23 Å². The first-order valence-electron chi connectivity index (χ1n) is 9.91. The molecule has 0 saturated heterocycles. The van der Waals surface area contributed by atoms with Crippen LogP contribution in [0.3, 0.4) is 0 Å². The van der Waals surface area contributed by atoms with E-state index in [1.54, 1.807) is 0 Å². The summed E-state index contributed by atoms with van der Waals surface area (Å²) in [5.41, 5.74) is 10.9. The molecule has 0 saturated carbocycles. The molecule has 0 unspecified atom stereocenters. The van der Waals surface area contributed by atoms with Gasteiger partial charge in [-0.25, -0.2) is 0 Å². The Morgan fingerprint density at radius 2 is 1.68 bits per heavy atom. The van der Waals surface area contributed by atoms with Crippen LogP contribution in [0.25, 0.3) is 5.70 Å². The Bertz CT molecular complexity index is 1020. The standard InChI is InChI=1S/C25H24N2O/c1-3-18-10-14-20(15-11-18)25-27-23(21-6-4-5-7-24(21)28-25)16-22(26-27)19-12-8-17(2)9-13-19/h4-16,23,25-26H,3H2,1-2H3/t23-,25+/m1/s1. The predicted molar refractivity (Wildman–Crippen MR) is 113 cm³/mol. The Hall–Kier alpha value is -3.04. The van der Waals surface area contributed by atoms with Gasteiger partial charge in [0.05, 0.1) is 11.7 Å². The first-order valence-corrected chi connectivity index (χ1v) is 9.91. The van der Waals surface area contributed by atoms with E-state index in [-0.39, 0.29) is 12.3 Å². The number of nitrogens with zero attached hydrogens (tertiary/aromatic N) is 1. The second kappa shape index (κ2) is 6.84. The summed E-state index contributed by atoms with van der Waals surface area (Å²) in [7, 11) is 0. The third kappa shape index (κ3) is 2.88. The smallest absolute Gasteiger partial charge is 0.195 e. The lowest BCUT2D eigenvalue weighted by molar-refractivity contribution is -0.0326. The Morgan fingerprint density at radius 1 is 0.929 bits per heavy atom. The highest BCUT2D eigenvalue weighted by Gasteiger charge is 2.39. The van der Waals surface area contributed by atoms with Crippen LogP contribution in [0.2, 0.25) is 0 Å². The lowest BCUT2D eigenvalue weighted by Gasteiger charge is -2.39. The molecule has 0 bridgehead atoms. The quantitative estimate of drug-likeness (QED) is 0.656. The SMILES string of the molecule is CCc1ccc([C@@H]2Oc3ccccc3[C@H]3C=C(c4ccc(C)cc4)NN32)cc1. The van der Waals surface area contributed by atoms with E-state index in [9.17, 15) is 0 Å². The average Bonchev–Trinajstić information content (AvgIpc) is 3.19. The maximum absolute atomic E-state index is 6.44. The predicted octanol–water partition coefficient (Wildman–Crippen LogP) is 5.55. The fourth-order valence-electron chi connectivity index (χ4n) is 3.98. The summed E-state index contributed by atoms with van der Waals surface area (Å²) in [5, 5.41) is 2.22. The van der Waals surface area contributed by atoms with Crippen LogP contribution in [0.4, 0.5) is 0 Å². The molecule has 0 radical (unpaired) electrons. The van der Waals surface area contributed by atoms with E-state index >= 15 is 0 Å². The van der Waals surface area contributed by atoms with Gasteiger partial charge >= 0.3 is 0 Å². The number of hydrogen-bond donors (Lipinski definition) is 1. The van der Waals surface area contributed by atoms with Gasteiger partial charge in [-0.1, -0.05) is 79.2 Å². The number of para-hydroxylation sites is 1. The molecule has 2 aliphatic heterocycles. The van der Waals surface area contributed by atoms with Crippen molar-refractivity contribution in [1.29, 1.82) is 0 Å². The third-order valence-corrected chi connectivity index (χ3v) is 5.64. The number of rotatable bonds is 3. The molecule has 1 N–H and O–H groups in total. The van der Waals surface area contributed by atoms with Gasteiger partial charge in [-0.3, -0.25) is 0 Å². The summed E-state index contributed by atoms with van der Waals surface area (Å²) in [4.78, 5) is 0. The van der Waals surface area contributed by atoms with Crippen molar-refractivity contribution in [2.24, 2.45) is 0 Å². The number of hydrazine groups is 1. The van der Waals surface area contributed by atoms with Crippen molar-refractivity contribution in [3.63, 3.8) is 0 Å². The molecule has 0 spiro atoms. The molecule has 3 aromatic rings. The van der Waals surface area contributed by atoms with Crippen LogP contribution < -0.4 is 10.2 Å². The minimum absolute atomic E-state index is 0.136. The zero-order valence-electron chi connectivity index (χ0n) is 16.2. The second-order valence-corrected chi connectivity index (χ2v) is 7.51. The van der Waals surface area contributed by atoms with Crippen LogP contribution in [-0.2, 0) is 6.42 Å². The van der Waals surface area contributed by atoms with Crippen molar-refractivity contribution in [3.05, 3.63) is 107 Å². The molecule has 28 heavy (non-hydrogen) atoms. The summed E-state index contributed by atoms with van der Waals surface area (Å²) >= 11 is 0. The maximum atomic E-state index is 6.44. The van der Waals surface area contributed by atoms with E-state index < -0.39 is 0 Å². The fourth-order valence-corrected chi connectivity index (χ4v) is 3.98. The van der Waals surface area contributed by atoms with Crippen LogP contribution in [0.5, 0.6) is 5.75 Å². The van der Waals surface area contributed by atoms with Crippen LogP contribution in [0, 0.1) is 6.92 Å². The molecule has 5 rings (SSSR count). The fraction of sp³-hybridized carbons (Fsp3) is 0.200. The van der Waals surface area contributed by atoms with Crippen molar-refractivity contribution >= 4 is 5.70 Å². The van der Waals surface area contributed by atoms with Crippen molar-refractivity contribution in [1.82, 2.24) is 10.4 Å². The van der Waals surface area contributed by atoms with E-state index in [0.717, 1.165) is 23.4 Å². The highest BCUT2D eigenvalue weighted by molar-refractivity contribution is 5.67. The van der Waals surface area contributed by atoms with Gasteiger partial charge in [-0.05, 0) is 36.6 Å². The molecule has 0 aliphatic carbocycles. The van der Waals surface area contributed by atoms with E-state index in [1.807, 2.05) is 6.07 Å². The first kappa shape index (κ1) is 17.1. The molecular formula is C25H24N2O. The maximum Gasteiger partial charge on any atom is 0.195 e. The van der Waals surface area contributed by atoms with Gasteiger partial charge in [-0.2, -0.15) is 5.01 Å². The van der Waals surface area contributed by atoms with Gasteiger partial charge < -0.3 is 10.2 Å². The van der Waals surface area contributed by atoms with E-state index in [0.29, 0.717) is 0 Å². The molecule has 0 aromatic heterocycles. The molecule has 3 heteroatoms. The van der Waals surface area contributed by atoms with Gasteiger partial charge in [0.1, 0.15) is 5.75 Å². The molecular weight excluding hydrogens is 344 g/mol. The Balaban J connectivity index is 1.55. The largest absolute Gasteiger partial charge is 0.469 e. The van der Waals surface area contributed by atoms with Crippen LogP contribution in [0.15, 0.2) is 78.9 Å². The minimum Gasteiger partial charge on any atom is -0.469 e. The molecule has 3 nitrogen and oxygen atoms in total. The van der Waals surface area contributed by atoms with E-state index in [2.05, 4.69) is 97.1 Å². The molecule has 3 aromatic carbocycles. The van der Waals surface area contributed by atoms with Crippen molar-refractivity contribution in [2.75, 3.05) is 0 Å². The van der Waals surface area contributed by atoms with Crippen molar-refractivity contribution in [3.8, 4) is 5.75 Å². The number of nitrogens with one attached hydrogen (secondary N) is 1. The second-order valence-electron chi connectivity index (χ2n) is 7.51. The van der Waals surface area contributed by atoms with Crippen LogP contribution in [0.1, 0.15) is 47.0 Å². The van der Waals surface area contributed by atoms with Gasteiger partial charge in [-0.15, -0.1) is 0 Å². The van der Waals surface area contributed by atoms with E-state index in [4.69, 9.17) is 4.74 Å². The summed E-state index contributed by atoms with van der Waals surface area (Å²) in [5.74, 6) is 0.955. The van der Waals surface area contributed by atoms with Gasteiger partial charge in [0, 0.05) is 11.1 Å². The summed E-state index contributed by atoms with van der Waals surface area (Å²) in [6.45, 7) is 4.29. The summed E-state index contributed by atoms with van der Waals surface area (Å²) in [6.07, 6.45) is 3.17. The van der Waals surface area contributed by atoms with Gasteiger partial charge in [0.2, 0.25) is 0 Å². The van der Waals surface area contributed by atoms with Crippen LogP contribution >= 0.6 is 0 Å². The zero-order valence-corrected chi connectivity index (χ0v) is 16.2. The van der Waals surface area contributed by atoms with Crippen molar-refractivity contribution in [2.45, 2.75) is 32.5 Å². The Morgan fingerprint density at radius 3 is 2.43 bits per heavy atom. The monoisotopic (exact) mass is 368 g/mol. The normalized spacial score (nSPS) is 20.6. The summed E-state index contributed by atoms with van der Waals surface area (Å²) in [6, 6.07) is 25.9. The van der Waals surface area contributed by atoms with Crippen LogP contribution in [-0.4, -0.2) is 5.01 Å². The zero-order chi connectivity index (χ0) is 19.1. The molecule has 2 heterocycles. The third-order valence-electron chi connectivity index (χ3n) is 5.64. The number of benzene rings is 3. The lowest BCUT2D eigenvalue weighted by Crippen LogP contribution is -2.43. The van der Waals surface area contributed by atoms with Crippen molar-refractivity contribution < 1.29 is 4.74 Å². The number of aryl methyl sites for hydroxylation is 2. The molecule has 2 aliphatic rings. The highest BCUT2D eigenvalue weighted by Crippen LogP contribution is 2.45. The first-order chi connectivity index (χ1) is 13.7. The number of ether oxygens (including phenoxy) is 1. The summed E-state index contributed by atoms with van der Waals surface area (Å²) < 4.78 is 6.44. The molecule has 0 amide bonds. The molecule has 0 fully saturated rings. The highest BCUT2D eigenvalue weighted by atomic mass is 16.5. The Kier molecular flexibility index (Phi) is 4.18.